The van der Waals surface area contributed by atoms with Gasteiger partial charge in [0, 0.05) is 13.1 Å². The Balaban J connectivity index is 1.85. The molecule has 0 aromatic rings. The van der Waals surface area contributed by atoms with Gasteiger partial charge in [-0.25, -0.2) is 8.42 Å². The van der Waals surface area contributed by atoms with Crippen LogP contribution < -0.4 is 0 Å². The Labute approximate surface area is 115 Å². The lowest BCUT2D eigenvalue weighted by molar-refractivity contribution is -0.132. The van der Waals surface area contributed by atoms with E-state index in [4.69, 9.17) is 0 Å². The highest BCUT2D eigenvalue weighted by Gasteiger charge is 2.33. The van der Waals surface area contributed by atoms with Gasteiger partial charge in [-0.1, -0.05) is 12.8 Å². The van der Waals surface area contributed by atoms with E-state index in [-0.39, 0.29) is 23.5 Å². The molecule has 2 saturated heterocycles. The summed E-state index contributed by atoms with van der Waals surface area (Å²) < 4.78 is 22.9. The van der Waals surface area contributed by atoms with E-state index in [2.05, 4.69) is 4.90 Å². The summed E-state index contributed by atoms with van der Waals surface area (Å²) in [5.41, 5.74) is 0. The smallest absolute Gasteiger partial charge is 0.236 e. The first-order chi connectivity index (χ1) is 8.98. The number of carbonyl (C=O) groups is 1. The first-order valence-corrected chi connectivity index (χ1v) is 8.98. The van der Waals surface area contributed by atoms with E-state index in [0.29, 0.717) is 13.0 Å². The summed E-state index contributed by atoms with van der Waals surface area (Å²) in [7, 11) is -1.18. The molecule has 1 atom stereocenters. The summed E-state index contributed by atoms with van der Waals surface area (Å²) in [4.78, 5) is 16.1. The second-order valence-electron chi connectivity index (χ2n) is 5.75. The summed E-state index contributed by atoms with van der Waals surface area (Å²) in [6.07, 6.45) is 5.41. The molecule has 2 fully saturated rings. The third-order valence-electron chi connectivity index (χ3n) is 4.21. The SMILES string of the molecule is CN(C(=O)CN1CCCCCC1)C1CCS(=O)(=O)C1. The molecule has 1 unspecified atom stereocenters. The van der Waals surface area contributed by atoms with Crippen LogP contribution in [-0.4, -0.2) is 68.4 Å². The molecule has 0 aliphatic carbocycles. The molecule has 2 heterocycles. The molecule has 19 heavy (non-hydrogen) atoms. The van der Waals surface area contributed by atoms with Crippen LogP contribution in [0.4, 0.5) is 0 Å². The van der Waals surface area contributed by atoms with Gasteiger partial charge in [-0.05, 0) is 32.4 Å². The van der Waals surface area contributed by atoms with Crippen LogP contribution in [0.1, 0.15) is 32.1 Å². The number of hydrogen-bond donors (Lipinski definition) is 0. The fourth-order valence-corrected chi connectivity index (χ4v) is 4.66. The Kier molecular flexibility index (Phi) is 4.84. The molecular formula is C13H24N2O3S. The second kappa shape index (κ2) is 6.22. The third kappa shape index (κ3) is 4.18. The Hall–Kier alpha value is -0.620. The first kappa shape index (κ1) is 14.8. The molecule has 0 saturated carbocycles. The molecule has 0 N–H and O–H groups in total. The van der Waals surface area contributed by atoms with Crippen molar-refractivity contribution in [3.8, 4) is 0 Å². The van der Waals surface area contributed by atoms with Crippen LogP contribution in [0.15, 0.2) is 0 Å². The van der Waals surface area contributed by atoms with Gasteiger partial charge in [-0.15, -0.1) is 0 Å². The molecule has 0 bridgehead atoms. The van der Waals surface area contributed by atoms with E-state index in [1.54, 1.807) is 11.9 Å². The van der Waals surface area contributed by atoms with Crippen molar-refractivity contribution in [3.63, 3.8) is 0 Å². The van der Waals surface area contributed by atoms with Crippen LogP contribution in [0.3, 0.4) is 0 Å². The molecule has 0 radical (unpaired) electrons. The van der Waals surface area contributed by atoms with E-state index in [1.165, 1.54) is 12.8 Å². The van der Waals surface area contributed by atoms with Crippen molar-refractivity contribution in [2.24, 2.45) is 0 Å². The molecule has 2 aliphatic heterocycles. The lowest BCUT2D eigenvalue weighted by Gasteiger charge is -2.27. The Morgan fingerprint density at radius 2 is 1.84 bits per heavy atom. The first-order valence-electron chi connectivity index (χ1n) is 7.16. The monoisotopic (exact) mass is 288 g/mol. The number of nitrogens with zero attached hydrogens (tertiary/aromatic N) is 2. The third-order valence-corrected chi connectivity index (χ3v) is 5.96. The molecule has 1 amide bonds. The topological polar surface area (TPSA) is 57.7 Å². The number of hydrogen-bond acceptors (Lipinski definition) is 4. The zero-order valence-electron chi connectivity index (χ0n) is 11.7. The zero-order chi connectivity index (χ0) is 13.9. The average molecular weight is 288 g/mol. The molecule has 5 nitrogen and oxygen atoms in total. The van der Waals surface area contributed by atoms with Gasteiger partial charge in [0.15, 0.2) is 9.84 Å². The van der Waals surface area contributed by atoms with Gasteiger partial charge in [-0.2, -0.15) is 0 Å². The molecule has 2 rings (SSSR count). The highest BCUT2D eigenvalue weighted by atomic mass is 32.2. The summed E-state index contributed by atoms with van der Waals surface area (Å²) in [5, 5.41) is 0. The van der Waals surface area contributed by atoms with E-state index < -0.39 is 9.84 Å². The normalized spacial score (nSPS) is 27.9. The number of likely N-dealkylation sites (tertiary alicyclic amines) is 1. The fourth-order valence-electron chi connectivity index (χ4n) is 2.88. The minimum absolute atomic E-state index is 0.0593. The number of amides is 1. The van der Waals surface area contributed by atoms with E-state index in [1.807, 2.05) is 0 Å². The largest absolute Gasteiger partial charge is 0.341 e. The summed E-state index contributed by atoms with van der Waals surface area (Å²) in [6.45, 7) is 2.41. The van der Waals surface area contributed by atoms with E-state index in [0.717, 1.165) is 25.9 Å². The van der Waals surface area contributed by atoms with Crippen LogP contribution in [-0.2, 0) is 14.6 Å². The number of rotatable bonds is 3. The summed E-state index contributed by atoms with van der Waals surface area (Å²) >= 11 is 0. The van der Waals surface area contributed by atoms with Crippen LogP contribution in [0, 0.1) is 0 Å². The quantitative estimate of drug-likeness (QED) is 0.759. The number of carbonyl (C=O) groups excluding carboxylic acids is 1. The van der Waals surface area contributed by atoms with Crippen molar-refractivity contribution >= 4 is 15.7 Å². The molecule has 6 heteroatoms. The zero-order valence-corrected chi connectivity index (χ0v) is 12.5. The van der Waals surface area contributed by atoms with Gasteiger partial charge in [0.25, 0.3) is 0 Å². The second-order valence-corrected chi connectivity index (χ2v) is 7.98. The molecule has 0 aromatic carbocycles. The van der Waals surface area contributed by atoms with Gasteiger partial charge >= 0.3 is 0 Å². The Morgan fingerprint density at radius 1 is 1.21 bits per heavy atom. The predicted molar refractivity (Wildman–Crippen MR) is 74.7 cm³/mol. The van der Waals surface area contributed by atoms with Crippen LogP contribution >= 0.6 is 0 Å². The van der Waals surface area contributed by atoms with E-state index >= 15 is 0 Å². The minimum atomic E-state index is -2.92. The maximum atomic E-state index is 12.2. The number of sulfone groups is 1. The minimum Gasteiger partial charge on any atom is -0.341 e. The van der Waals surface area contributed by atoms with Crippen LogP contribution in [0.25, 0.3) is 0 Å². The van der Waals surface area contributed by atoms with Crippen molar-refractivity contribution in [2.75, 3.05) is 38.2 Å². The maximum Gasteiger partial charge on any atom is 0.236 e. The fraction of sp³-hybridized carbons (Fsp3) is 0.923. The number of likely N-dealkylation sites (N-methyl/N-ethyl adjacent to an activating group) is 1. The van der Waals surface area contributed by atoms with E-state index in [9.17, 15) is 13.2 Å². The van der Waals surface area contributed by atoms with Gasteiger partial charge in [0.1, 0.15) is 0 Å². The van der Waals surface area contributed by atoms with Gasteiger partial charge in [0.2, 0.25) is 5.91 Å². The van der Waals surface area contributed by atoms with Crippen molar-refractivity contribution in [1.29, 1.82) is 0 Å². The molecular weight excluding hydrogens is 264 g/mol. The van der Waals surface area contributed by atoms with Gasteiger partial charge < -0.3 is 4.90 Å². The highest BCUT2D eigenvalue weighted by Crippen LogP contribution is 2.17. The van der Waals surface area contributed by atoms with Crippen molar-refractivity contribution in [2.45, 2.75) is 38.1 Å². The summed E-state index contributed by atoms with van der Waals surface area (Å²) in [6, 6.07) is -0.121. The lowest BCUT2D eigenvalue weighted by atomic mass is 10.2. The maximum absolute atomic E-state index is 12.2. The summed E-state index contributed by atoms with van der Waals surface area (Å²) in [5.74, 6) is 0.415. The molecule has 0 spiro atoms. The predicted octanol–water partition coefficient (Wildman–Crippen LogP) is 0.508. The Morgan fingerprint density at radius 3 is 2.37 bits per heavy atom. The van der Waals surface area contributed by atoms with Gasteiger partial charge in [-0.3, -0.25) is 9.69 Å². The Bertz CT molecular complexity index is 414. The van der Waals surface area contributed by atoms with Crippen molar-refractivity contribution in [1.82, 2.24) is 9.80 Å². The van der Waals surface area contributed by atoms with Gasteiger partial charge in [0.05, 0.1) is 18.1 Å². The van der Waals surface area contributed by atoms with Crippen molar-refractivity contribution in [3.05, 3.63) is 0 Å². The lowest BCUT2D eigenvalue weighted by Crippen LogP contribution is -2.44. The molecule has 2 aliphatic rings. The highest BCUT2D eigenvalue weighted by molar-refractivity contribution is 7.91. The molecule has 0 aromatic heterocycles. The average Bonchev–Trinajstić information content (AvgIpc) is 2.57. The van der Waals surface area contributed by atoms with Crippen LogP contribution in [0.5, 0.6) is 0 Å². The standard InChI is InChI=1S/C13H24N2O3S/c1-14(12-6-9-19(17,18)11-12)13(16)10-15-7-4-2-3-5-8-15/h12H,2-11H2,1H3. The molecule has 110 valence electrons. The van der Waals surface area contributed by atoms with Crippen molar-refractivity contribution < 1.29 is 13.2 Å². The van der Waals surface area contributed by atoms with Crippen LogP contribution in [0.2, 0.25) is 0 Å².